The molecule has 1 aliphatic carbocycles. The Labute approximate surface area is 272 Å². The van der Waals surface area contributed by atoms with Gasteiger partial charge in [-0.2, -0.15) is 23.1 Å². The zero-order valence-corrected chi connectivity index (χ0v) is 26.3. The maximum absolute atomic E-state index is 16.8. The molecule has 0 radical (unpaired) electrons. The monoisotopic (exact) mass is 683 g/mol. The number of rotatable bonds is 7. The second-order valence-electron chi connectivity index (χ2n) is 13.0. The lowest BCUT2D eigenvalue weighted by molar-refractivity contribution is -0.137. The summed E-state index contributed by atoms with van der Waals surface area (Å²) in [7, 11) is 1.78. The molecule has 3 fully saturated rings. The van der Waals surface area contributed by atoms with Crippen molar-refractivity contribution in [2.75, 3.05) is 57.1 Å². The Morgan fingerprint density at radius 3 is 2.81 bits per heavy atom. The van der Waals surface area contributed by atoms with E-state index in [9.17, 15) is 22.7 Å². The Hall–Kier alpha value is -3.27. The number of hydrogen-bond donors (Lipinski definition) is 3. The van der Waals surface area contributed by atoms with Crippen LogP contribution in [-0.2, 0) is 6.18 Å². The summed E-state index contributed by atoms with van der Waals surface area (Å²) in [6, 6.07) is 1.43. The van der Waals surface area contributed by atoms with Crippen LogP contribution in [0.25, 0.3) is 22.2 Å². The van der Waals surface area contributed by atoms with Gasteiger partial charge in [-0.1, -0.05) is 11.6 Å². The van der Waals surface area contributed by atoms with Crippen LogP contribution in [0.15, 0.2) is 12.1 Å². The summed E-state index contributed by atoms with van der Waals surface area (Å²) in [5.74, 6) is -1.32. The zero-order chi connectivity index (χ0) is 33.2. The third-order valence-corrected chi connectivity index (χ3v) is 10.2. The smallest absolute Gasteiger partial charge is 0.418 e. The highest BCUT2D eigenvalue weighted by molar-refractivity contribution is 6.32. The maximum atomic E-state index is 16.8. The highest BCUT2D eigenvalue weighted by Gasteiger charge is 2.50. The minimum Gasteiger partial charge on any atom is -0.477 e. The van der Waals surface area contributed by atoms with E-state index >= 15 is 4.39 Å². The number of aromatic nitrogens is 3. The SMILES string of the molecule is CNCCN1c2nc(OC[C@@]34CCCN3C[C@H](F)C4)nc3c(F)c(-c4cc(N)cc(Cl)c4C(F)(F)F)nc(c23)OCC2CC(O)CC21. The molecule has 3 unspecified atom stereocenters. The normalized spacial score (nSPS) is 27.4. The number of fused-ring (bicyclic) bond motifs is 2. The number of likely N-dealkylation sites (N-methyl/N-ethyl adjacent to an activating group) is 1. The molecule has 47 heavy (non-hydrogen) atoms. The van der Waals surface area contributed by atoms with E-state index in [2.05, 4.69) is 20.2 Å². The lowest BCUT2D eigenvalue weighted by atomic mass is 9.95. The summed E-state index contributed by atoms with van der Waals surface area (Å²) in [4.78, 5) is 17.4. The Morgan fingerprint density at radius 2 is 2.04 bits per heavy atom. The van der Waals surface area contributed by atoms with Crippen molar-refractivity contribution in [3.8, 4) is 23.1 Å². The number of aliphatic hydroxyl groups is 1. The summed E-state index contributed by atoms with van der Waals surface area (Å²) < 4.78 is 86.6. The topological polar surface area (TPSA) is 122 Å². The number of pyridine rings is 1. The Bertz CT molecular complexity index is 1700. The zero-order valence-electron chi connectivity index (χ0n) is 25.6. The molecular weight excluding hydrogens is 649 g/mol. The largest absolute Gasteiger partial charge is 0.477 e. The molecule has 0 spiro atoms. The minimum absolute atomic E-state index is 0.0472. The maximum Gasteiger partial charge on any atom is 0.418 e. The quantitative estimate of drug-likeness (QED) is 0.241. The summed E-state index contributed by atoms with van der Waals surface area (Å²) in [5.41, 5.74) is 2.16. The fraction of sp³-hybridized carbons (Fsp3) is 0.581. The van der Waals surface area contributed by atoms with E-state index in [0.29, 0.717) is 38.9 Å². The third kappa shape index (κ3) is 5.68. The van der Waals surface area contributed by atoms with Crippen LogP contribution in [0, 0.1) is 11.7 Å². The molecule has 1 aromatic carbocycles. The van der Waals surface area contributed by atoms with Crippen molar-refractivity contribution in [2.45, 2.75) is 62.1 Å². The van der Waals surface area contributed by atoms with Crippen LogP contribution in [0.5, 0.6) is 11.9 Å². The number of nitrogens with two attached hydrogens (primary N) is 1. The Morgan fingerprint density at radius 1 is 1.23 bits per heavy atom. The number of aliphatic hydroxyl groups excluding tert-OH is 1. The number of benzene rings is 1. The van der Waals surface area contributed by atoms with Gasteiger partial charge in [0.2, 0.25) is 5.88 Å². The molecule has 16 heteroatoms. The summed E-state index contributed by atoms with van der Waals surface area (Å²) in [5, 5.41) is 13.1. The number of anilines is 2. The summed E-state index contributed by atoms with van der Waals surface area (Å²) in [6.07, 6.45) is -3.94. The van der Waals surface area contributed by atoms with Crippen molar-refractivity contribution in [2.24, 2.45) is 5.92 Å². The molecule has 4 aliphatic rings. The first-order valence-electron chi connectivity index (χ1n) is 15.7. The van der Waals surface area contributed by atoms with Gasteiger partial charge in [-0.05, 0) is 51.4 Å². The first-order chi connectivity index (χ1) is 22.4. The summed E-state index contributed by atoms with van der Waals surface area (Å²) >= 11 is 6.03. The third-order valence-electron chi connectivity index (χ3n) is 9.94. The minimum atomic E-state index is -4.97. The van der Waals surface area contributed by atoms with E-state index < -0.39 is 51.7 Å². The number of nitrogen functional groups attached to an aromatic ring is 1. The molecule has 3 aliphatic heterocycles. The summed E-state index contributed by atoms with van der Waals surface area (Å²) in [6.45, 7) is 2.03. The average Bonchev–Trinajstić information content (AvgIpc) is 3.65. The number of hydrogen-bond acceptors (Lipinski definition) is 10. The highest BCUT2D eigenvalue weighted by Crippen LogP contribution is 2.47. The molecule has 5 atom stereocenters. The van der Waals surface area contributed by atoms with Gasteiger partial charge in [-0.25, -0.2) is 13.8 Å². The van der Waals surface area contributed by atoms with Crippen LogP contribution in [0.4, 0.5) is 33.5 Å². The molecule has 3 aromatic rings. The van der Waals surface area contributed by atoms with E-state index in [1.54, 1.807) is 7.05 Å². The highest BCUT2D eigenvalue weighted by atomic mass is 35.5. The van der Waals surface area contributed by atoms with Crippen LogP contribution in [0.1, 0.15) is 37.7 Å². The molecule has 4 N–H and O–H groups in total. The van der Waals surface area contributed by atoms with Gasteiger partial charge in [0.1, 0.15) is 35.2 Å². The second kappa shape index (κ2) is 12.0. The van der Waals surface area contributed by atoms with E-state index in [4.69, 9.17) is 31.8 Å². The van der Waals surface area contributed by atoms with Crippen molar-refractivity contribution in [3.05, 3.63) is 28.5 Å². The molecule has 254 valence electrons. The Kier molecular flexibility index (Phi) is 8.25. The van der Waals surface area contributed by atoms with Gasteiger partial charge in [0.05, 0.1) is 28.8 Å². The standard InChI is InChI=1S/C31H35ClF5N7O3/c1-39-4-6-44-21-10-18(45)7-15(21)13-46-28-22-26(24(34)25(40-28)19-8-17(38)9-20(32)23(19)31(35,36)37)41-29(42-27(22)44)47-14-30-3-2-5-43(30)12-16(33)11-30/h8-9,15-16,18,21,39,45H,2-7,10-14,38H2,1H3/t15?,16-,18?,21?,30+/m1/s1. The van der Waals surface area contributed by atoms with Gasteiger partial charge in [-0.3, -0.25) is 4.90 Å². The van der Waals surface area contributed by atoms with E-state index in [1.165, 1.54) is 0 Å². The van der Waals surface area contributed by atoms with E-state index in [1.807, 2.05) is 4.90 Å². The van der Waals surface area contributed by atoms with Crippen LogP contribution >= 0.6 is 11.6 Å². The van der Waals surface area contributed by atoms with Crippen molar-refractivity contribution in [1.29, 1.82) is 0 Å². The molecule has 7 rings (SSSR count). The molecule has 0 bridgehead atoms. The van der Waals surface area contributed by atoms with Crippen LogP contribution in [0.2, 0.25) is 5.02 Å². The van der Waals surface area contributed by atoms with Crippen LogP contribution < -0.4 is 25.4 Å². The number of halogens is 6. The lowest BCUT2D eigenvalue weighted by Crippen LogP contribution is -2.45. The lowest BCUT2D eigenvalue weighted by Gasteiger charge is -2.36. The van der Waals surface area contributed by atoms with Crippen LogP contribution in [-0.4, -0.2) is 95.3 Å². The van der Waals surface area contributed by atoms with Gasteiger partial charge >= 0.3 is 12.2 Å². The van der Waals surface area contributed by atoms with Gasteiger partial charge in [0.15, 0.2) is 5.82 Å². The fourth-order valence-corrected chi connectivity index (χ4v) is 8.23. The van der Waals surface area contributed by atoms with E-state index in [0.717, 1.165) is 25.1 Å². The Balaban J connectivity index is 1.44. The molecule has 0 amide bonds. The average molecular weight is 684 g/mol. The molecular formula is C31H35ClF5N7O3. The molecule has 2 aromatic heterocycles. The van der Waals surface area contributed by atoms with Gasteiger partial charge < -0.3 is 30.5 Å². The number of alkyl halides is 4. The van der Waals surface area contributed by atoms with Crippen LogP contribution in [0.3, 0.4) is 0 Å². The predicted octanol–water partition coefficient (Wildman–Crippen LogP) is 4.60. The van der Waals surface area contributed by atoms with Gasteiger partial charge in [0.25, 0.3) is 0 Å². The van der Waals surface area contributed by atoms with Crippen molar-refractivity contribution in [1.82, 2.24) is 25.2 Å². The molecule has 1 saturated carbocycles. The number of nitrogens with one attached hydrogen (secondary N) is 1. The van der Waals surface area contributed by atoms with Gasteiger partial charge in [0, 0.05) is 49.3 Å². The number of ether oxygens (including phenoxy) is 2. The van der Waals surface area contributed by atoms with Crippen molar-refractivity contribution in [3.63, 3.8) is 0 Å². The van der Waals surface area contributed by atoms with Gasteiger partial charge in [-0.15, -0.1) is 0 Å². The van der Waals surface area contributed by atoms with Crippen molar-refractivity contribution < 1.29 is 36.5 Å². The van der Waals surface area contributed by atoms with Crippen molar-refractivity contribution >= 4 is 34.0 Å². The predicted molar refractivity (Wildman–Crippen MR) is 165 cm³/mol. The van der Waals surface area contributed by atoms with E-state index in [-0.39, 0.29) is 65.9 Å². The molecule has 5 heterocycles. The second-order valence-corrected chi connectivity index (χ2v) is 13.4. The molecule has 2 saturated heterocycles. The first kappa shape index (κ1) is 32.3. The first-order valence-corrected chi connectivity index (χ1v) is 16.1. The number of nitrogens with zero attached hydrogens (tertiary/aromatic N) is 5. The molecule has 10 nitrogen and oxygen atoms in total. The fourth-order valence-electron chi connectivity index (χ4n) is 7.89.